The minimum absolute atomic E-state index is 0.00814. The number of nitro groups is 1. The van der Waals surface area contributed by atoms with E-state index in [1.807, 2.05) is 6.92 Å². The minimum atomic E-state index is -0.469. The second-order valence-corrected chi connectivity index (χ2v) is 4.54. The lowest BCUT2D eigenvalue weighted by atomic mass is 10.2. The van der Waals surface area contributed by atoms with Crippen molar-refractivity contribution in [1.82, 2.24) is 10.2 Å². The summed E-state index contributed by atoms with van der Waals surface area (Å²) in [6.07, 6.45) is 0. The van der Waals surface area contributed by atoms with E-state index >= 15 is 0 Å². The first kappa shape index (κ1) is 13.3. The molecule has 1 aliphatic rings. The second-order valence-electron chi connectivity index (χ2n) is 4.54. The highest BCUT2D eigenvalue weighted by atomic mass is 16.6. The van der Waals surface area contributed by atoms with Gasteiger partial charge in [0.15, 0.2) is 0 Å². The molecule has 19 heavy (non-hydrogen) atoms. The van der Waals surface area contributed by atoms with Crippen molar-refractivity contribution in [2.75, 3.05) is 25.0 Å². The van der Waals surface area contributed by atoms with Crippen LogP contribution in [0.4, 0.5) is 16.2 Å². The van der Waals surface area contributed by atoms with Gasteiger partial charge in [0, 0.05) is 43.5 Å². The molecule has 1 fully saturated rings. The standard InChI is InChI=1S/C12H16N4O3/c1-9-8-15(7-6-13-9)12(17)14-10-2-4-11(5-3-10)16(18)19/h2-5,9,13H,6-8H2,1H3,(H,14,17)/t9-/m0/s1. The Labute approximate surface area is 110 Å². The highest BCUT2D eigenvalue weighted by molar-refractivity contribution is 5.89. The Kier molecular flexibility index (Phi) is 3.96. The number of carbonyl (C=O) groups excluding carboxylic acids is 1. The molecular weight excluding hydrogens is 248 g/mol. The molecule has 0 bridgehead atoms. The number of carbonyl (C=O) groups is 1. The molecule has 1 saturated heterocycles. The number of non-ortho nitro benzene ring substituents is 1. The third kappa shape index (κ3) is 3.41. The topological polar surface area (TPSA) is 87.5 Å². The van der Waals surface area contributed by atoms with Gasteiger partial charge in [0.2, 0.25) is 0 Å². The number of piperazine rings is 1. The lowest BCUT2D eigenvalue weighted by Gasteiger charge is -2.31. The zero-order valence-electron chi connectivity index (χ0n) is 10.6. The highest BCUT2D eigenvalue weighted by Crippen LogP contribution is 2.16. The van der Waals surface area contributed by atoms with Gasteiger partial charge in [-0.25, -0.2) is 4.79 Å². The zero-order valence-corrected chi connectivity index (χ0v) is 10.6. The predicted octanol–water partition coefficient (Wildman–Crippen LogP) is 1.42. The van der Waals surface area contributed by atoms with E-state index in [0.29, 0.717) is 18.8 Å². The number of benzene rings is 1. The number of rotatable bonds is 2. The van der Waals surface area contributed by atoms with Crippen LogP contribution in [0.3, 0.4) is 0 Å². The fraction of sp³-hybridized carbons (Fsp3) is 0.417. The van der Waals surface area contributed by atoms with E-state index in [1.165, 1.54) is 24.3 Å². The number of hydrogen-bond acceptors (Lipinski definition) is 4. The maximum Gasteiger partial charge on any atom is 0.321 e. The summed E-state index contributed by atoms with van der Waals surface area (Å²) >= 11 is 0. The number of urea groups is 1. The fourth-order valence-corrected chi connectivity index (χ4v) is 1.99. The SMILES string of the molecule is C[C@H]1CN(C(=O)Nc2ccc([N+](=O)[O-])cc2)CCN1. The van der Waals surface area contributed by atoms with Crippen LogP contribution in [0.25, 0.3) is 0 Å². The molecule has 0 aliphatic carbocycles. The zero-order chi connectivity index (χ0) is 13.8. The van der Waals surface area contributed by atoms with Crippen molar-refractivity contribution in [3.8, 4) is 0 Å². The van der Waals surface area contributed by atoms with Crippen LogP contribution in [0.15, 0.2) is 24.3 Å². The average Bonchev–Trinajstić information content (AvgIpc) is 2.39. The summed E-state index contributed by atoms with van der Waals surface area (Å²) in [4.78, 5) is 23.8. The summed E-state index contributed by atoms with van der Waals surface area (Å²) < 4.78 is 0. The largest absolute Gasteiger partial charge is 0.322 e. The highest BCUT2D eigenvalue weighted by Gasteiger charge is 2.20. The van der Waals surface area contributed by atoms with E-state index in [1.54, 1.807) is 4.90 Å². The molecule has 2 N–H and O–H groups in total. The minimum Gasteiger partial charge on any atom is -0.322 e. The van der Waals surface area contributed by atoms with Crippen LogP contribution in [0.2, 0.25) is 0 Å². The van der Waals surface area contributed by atoms with Crippen LogP contribution in [-0.4, -0.2) is 41.5 Å². The van der Waals surface area contributed by atoms with E-state index in [0.717, 1.165) is 6.54 Å². The molecule has 102 valence electrons. The molecule has 1 aromatic rings. The predicted molar refractivity (Wildman–Crippen MR) is 71.2 cm³/mol. The summed E-state index contributed by atoms with van der Waals surface area (Å²) in [5.74, 6) is 0. The van der Waals surface area contributed by atoms with E-state index < -0.39 is 4.92 Å². The number of nitro benzene ring substituents is 1. The third-order valence-corrected chi connectivity index (χ3v) is 2.99. The van der Waals surface area contributed by atoms with Crippen LogP contribution in [0, 0.1) is 10.1 Å². The maximum atomic E-state index is 12.0. The summed E-state index contributed by atoms with van der Waals surface area (Å²) in [7, 11) is 0. The molecule has 7 nitrogen and oxygen atoms in total. The summed E-state index contributed by atoms with van der Waals surface area (Å²) in [6, 6.07) is 5.90. The van der Waals surface area contributed by atoms with Crippen molar-refractivity contribution in [2.24, 2.45) is 0 Å². The number of nitrogens with one attached hydrogen (secondary N) is 2. The molecule has 0 spiro atoms. The van der Waals surface area contributed by atoms with Gasteiger partial charge in [-0.2, -0.15) is 0 Å². The Balaban J connectivity index is 1.96. The number of hydrogen-bond donors (Lipinski definition) is 2. The third-order valence-electron chi connectivity index (χ3n) is 2.99. The first-order chi connectivity index (χ1) is 9.06. The molecule has 0 aromatic heterocycles. The molecule has 0 saturated carbocycles. The van der Waals surface area contributed by atoms with Gasteiger partial charge in [0.25, 0.3) is 5.69 Å². The van der Waals surface area contributed by atoms with Gasteiger partial charge in [0.05, 0.1) is 4.92 Å². The molecule has 1 heterocycles. The summed E-state index contributed by atoms with van der Waals surface area (Å²) in [5.41, 5.74) is 0.565. The molecule has 0 radical (unpaired) electrons. The van der Waals surface area contributed by atoms with Crippen molar-refractivity contribution in [3.63, 3.8) is 0 Å². The van der Waals surface area contributed by atoms with Crippen LogP contribution >= 0.6 is 0 Å². The molecular formula is C12H16N4O3. The molecule has 1 aromatic carbocycles. The quantitative estimate of drug-likeness (QED) is 0.624. The van der Waals surface area contributed by atoms with Crippen LogP contribution in [0.5, 0.6) is 0 Å². The Morgan fingerprint density at radius 1 is 1.47 bits per heavy atom. The monoisotopic (exact) mass is 264 g/mol. The second kappa shape index (κ2) is 5.66. The van der Waals surface area contributed by atoms with Crippen molar-refractivity contribution < 1.29 is 9.72 Å². The Morgan fingerprint density at radius 2 is 2.16 bits per heavy atom. The summed E-state index contributed by atoms with van der Waals surface area (Å²) in [6.45, 7) is 4.10. The molecule has 1 atom stereocenters. The first-order valence-corrected chi connectivity index (χ1v) is 6.10. The van der Waals surface area contributed by atoms with Crippen molar-refractivity contribution >= 4 is 17.4 Å². The lowest BCUT2D eigenvalue weighted by Crippen LogP contribution is -2.52. The summed E-state index contributed by atoms with van der Waals surface area (Å²) in [5, 5.41) is 16.5. The Morgan fingerprint density at radius 3 is 2.74 bits per heavy atom. The van der Waals surface area contributed by atoms with E-state index in [2.05, 4.69) is 10.6 Å². The molecule has 2 amide bonds. The van der Waals surface area contributed by atoms with Crippen LogP contribution in [-0.2, 0) is 0 Å². The van der Waals surface area contributed by atoms with Gasteiger partial charge in [-0.3, -0.25) is 10.1 Å². The first-order valence-electron chi connectivity index (χ1n) is 6.10. The van der Waals surface area contributed by atoms with E-state index in [-0.39, 0.29) is 17.8 Å². The van der Waals surface area contributed by atoms with Crippen LogP contribution in [0.1, 0.15) is 6.92 Å². The van der Waals surface area contributed by atoms with Crippen LogP contribution < -0.4 is 10.6 Å². The average molecular weight is 264 g/mol. The van der Waals surface area contributed by atoms with Crippen molar-refractivity contribution in [2.45, 2.75) is 13.0 Å². The number of amides is 2. The van der Waals surface area contributed by atoms with Gasteiger partial charge in [-0.05, 0) is 19.1 Å². The van der Waals surface area contributed by atoms with Gasteiger partial charge in [-0.15, -0.1) is 0 Å². The van der Waals surface area contributed by atoms with Crippen molar-refractivity contribution in [3.05, 3.63) is 34.4 Å². The van der Waals surface area contributed by atoms with E-state index in [4.69, 9.17) is 0 Å². The van der Waals surface area contributed by atoms with Gasteiger partial charge >= 0.3 is 6.03 Å². The number of anilines is 1. The molecule has 2 rings (SSSR count). The Bertz CT molecular complexity index is 474. The lowest BCUT2D eigenvalue weighted by molar-refractivity contribution is -0.384. The van der Waals surface area contributed by atoms with Gasteiger partial charge in [0.1, 0.15) is 0 Å². The smallest absolute Gasteiger partial charge is 0.321 e. The number of nitrogens with zero attached hydrogens (tertiary/aromatic N) is 2. The molecule has 1 aliphatic heterocycles. The maximum absolute atomic E-state index is 12.0. The van der Waals surface area contributed by atoms with E-state index in [9.17, 15) is 14.9 Å². The Hall–Kier alpha value is -2.15. The molecule has 0 unspecified atom stereocenters. The van der Waals surface area contributed by atoms with Gasteiger partial charge < -0.3 is 15.5 Å². The normalized spacial score (nSPS) is 19.0. The van der Waals surface area contributed by atoms with Crippen molar-refractivity contribution in [1.29, 1.82) is 0 Å². The van der Waals surface area contributed by atoms with Gasteiger partial charge in [-0.1, -0.05) is 0 Å². The fourth-order valence-electron chi connectivity index (χ4n) is 1.99. The molecule has 7 heteroatoms.